The van der Waals surface area contributed by atoms with Gasteiger partial charge in [-0.3, -0.25) is 0 Å². The summed E-state index contributed by atoms with van der Waals surface area (Å²) >= 11 is 0. The minimum Gasteiger partial charge on any atom is -0.0952 e. The van der Waals surface area contributed by atoms with Gasteiger partial charge in [-0.15, -0.1) is 0 Å². The van der Waals surface area contributed by atoms with Crippen molar-refractivity contribution in [3.8, 4) is 0 Å². The van der Waals surface area contributed by atoms with Crippen LogP contribution < -0.4 is 0 Å². The summed E-state index contributed by atoms with van der Waals surface area (Å²) in [5.41, 5.74) is 3.86. The van der Waals surface area contributed by atoms with Gasteiger partial charge in [-0.2, -0.15) is 0 Å². The van der Waals surface area contributed by atoms with Crippen molar-refractivity contribution in [2.75, 3.05) is 0 Å². The van der Waals surface area contributed by atoms with E-state index in [0.717, 1.165) is 12.8 Å². The molecule has 0 nitrogen and oxygen atoms in total. The van der Waals surface area contributed by atoms with E-state index in [0.29, 0.717) is 0 Å². The Kier molecular flexibility index (Phi) is 4.18. The first kappa shape index (κ1) is 10.8. The summed E-state index contributed by atoms with van der Waals surface area (Å²) in [6.45, 7) is 8.31. The van der Waals surface area contributed by atoms with Crippen LogP contribution in [0.15, 0.2) is 43.0 Å². The first-order chi connectivity index (χ1) is 6.75. The second kappa shape index (κ2) is 5.43. The predicted molar refractivity (Wildman–Crippen MR) is 64.3 cm³/mol. The molecule has 0 aliphatic rings. The van der Waals surface area contributed by atoms with E-state index in [-0.39, 0.29) is 0 Å². The summed E-state index contributed by atoms with van der Waals surface area (Å²) < 4.78 is 0. The largest absolute Gasteiger partial charge is 0.0952 e. The minimum absolute atomic E-state index is 1.05. The zero-order chi connectivity index (χ0) is 10.4. The van der Waals surface area contributed by atoms with E-state index in [4.69, 9.17) is 0 Å². The first-order valence-electron chi connectivity index (χ1n) is 5.10. The SMILES string of the molecule is C=C(CC/C=C\C)c1ccccc1C. The summed E-state index contributed by atoms with van der Waals surface area (Å²) in [5.74, 6) is 0. The maximum atomic E-state index is 4.12. The Bertz CT molecular complexity index is 332. The second-order valence-corrected chi connectivity index (χ2v) is 3.53. The molecule has 0 saturated heterocycles. The van der Waals surface area contributed by atoms with E-state index < -0.39 is 0 Å². The molecule has 0 fully saturated rings. The molecule has 0 bridgehead atoms. The highest BCUT2D eigenvalue weighted by Gasteiger charge is 2.00. The number of allylic oxidation sites excluding steroid dienone is 3. The Morgan fingerprint density at radius 1 is 1.36 bits per heavy atom. The van der Waals surface area contributed by atoms with Crippen LogP contribution in [0.5, 0.6) is 0 Å². The molecule has 74 valence electrons. The average molecular weight is 186 g/mol. The smallest absolute Gasteiger partial charge is 0.0201 e. The topological polar surface area (TPSA) is 0 Å². The lowest BCUT2D eigenvalue weighted by atomic mass is 9.98. The van der Waals surface area contributed by atoms with Gasteiger partial charge in [0.05, 0.1) is 0 Å². The Hall–Kier alpha value is -1.30. The monoisotopic (exact) mass is 186 g/mol. The molecule has 1 aromatic carbocycles. The van der Waals surface area contributed by atoms with Crippen molar-refractivity contribution in [2.45, 2.75) is 26.7 Å². The van der Waals surface area contributed by atoms with Gasteiger partial charge in [-0.05, 0) is 43.4 Å². The van der Waals surface area contributed by atoms with Crippen molar-refractivity contribution in [3.63, 3.8) is 0 Å². The van der Waals surface area contributed by atoms with Gasteiger partial charge in [0.2, 0.25) is 0 Å². The van der Waals surface area contributed by atoms with Gasteiger partial charge in [0.1, 0.15) is 0 Å². The molecule has 1 aromatic rings. The van der Waals surface area contributed by atoms with Crippen molar-refractivity contribution in [1.29, 1.82) is 0 Å². The van der Waals surface area contributed by atoms with Crippen LogP contribution in [0.3, 0.4) is 0 Å². The lowest BCUT2D eigenvalue weighted by Gasteiger charge is -2.07. The molecule has 0 aliphatic heterocycles. The first-order valence-corrected chi connectivity index (χ1v) is 5.10. The number of hydrogen-bond acceptors (Lipinski definition) is 0. The molecule has 0 heteroatoms. The van der Waals surface area contributed by atoms with Crippen molar-refractivity contribution >= 4 is 5.57 Å². The fraction of sp³-hybridized carbons (Fsp3) is 0.286. The molecule has 0 amide bonds. The number of hydrogen-bond donors (Lipinski definition) is 0. The molecule has 0 radical (unpaired) electrons. The molecule has 0 unspecified atom stereocenters. The minimum atomic E-state index is 1.05. The third-order valence-corrected chi connectivity index (χ3v) is 2.37. The molecule has 1 rings (SSSR count). The summed E-state index contributed by atoms with van der Waals surface area (Å²) in [6, 6.07) is 8.42. The lowest BCUT2D eigenvalue weighted by molar-refractivity contribution is 1.06. The van der Waals surface area contributed by atoms with Crippen molar-refractivity contribution in [1.82, 2.24) is 0 Å². The van der Waals surface area contributed by atoms with E-state index in [1.807, 2.05) is 0 Å². The Morgan fingerprint density at radius 3 is 2.71 bits per heavy atom. The van der Waals surface area contributed by atoms with Gasteiger partial charge in [0, 0.05) is 0 Å². The summed E-state index contributed by atoms with van der Waals surface area (Å²) in [6.07, 6.45) is 6.41. The summed E-state index contributed by atoms with van der Waals surface area (Å²) in [7, 11) is 0. The van der Waals surface area contributed by atoms with Gasteiger partial charge < -0.3 is 0 Å². The molecule has 0 aromatic heterocycles. The van der Waals surface area contributed by atoms with Gasteiger partial charge in [-0.25, -0.2) is 0 Å². The zero-order valence-electron chi connectivity index (χ0n) is 9.09. The lowest BCUT2D eigenvalue weighted by Crippen LogP contribution is -1.86. The van der Waals surface area contributed by atoms with Crippen molar-refractivity contribution in [3.05, 3.63) is 54.1 Å². The molecule has 0 heterocycles. The summed E-state index contributed by atoms with van der Waals surface area (Å²) in [5, 5.41) is 0. The fourth-order valence-corrected chi connectivity index (χ4v) is 1.53. The molecular formula is C14H18. The zero-order valence-corrected chi connectivity index (χ0v) is 9.09. The van der Waals surface area contributed by atoms with Gasteiger partial charge in [0.25, 0.3) is 0 Å². The highest BCUT2D eigenvalue weighted by Crippen LogP contribution is 2.21. The van der Waals surface area contributed by atoms with E-state index in [9.17, 15) is 0 Å². The van der Waals surface area contributed by atoms with Crippen LogP contribution in [0.25, 0.3) is 5.57 Å². The number of rotatable bonds is 4. The van der Waals surface area contributed by atoms with E-state index in [1.165, 1.54) is 16.7 Å². The van der Waals surface area contributed by atoms with E-state index in [2.05, 4.69) is 56.8 Å². The standard InChI is InChI=1S/C14H18/c1-4-5-6-9-12(2)14-11-8-7-10-13(14)3/h4-5,7-8,10-11H,2,6,9H2,1,3H3/b5-4-. The quantitative estimate of drug-likeness (QED) is 0.613. The predicted octanol–water partition coefficient (Wildman–Crippen LogP) is 4.36. The molecular weight excluding hydrogens is 168 g/mol. The molecule has 0 spiro atoms. The van der Waals surface area contributed by atoms with Crippen LogP contribution in [-0.4, -0.2) is 0 Å². The van der Waals surface area contributed by atoms with Crippen LogP contribution in [0, 0.1) is 6.92 Å². The molecule has 0 N–H and O–H groups in total. The van der Waals surface area contributed by atoms with Crippen LogP contribution >= 0.6 is 0 Å². The Labute approximate surface area is 87.0 Å². The maximum absolute atomic E-state index is 4.12. The third kappa shape index (κ3) is 2.88. The molecule has 14 heavy (non-hydrogen) atoms. The van der Waals surface area contributed by atoms with Crippen molar-refractivity contribution in [2.24, 2.45) is 0 Å². The summed E-state index contributed by atoms with van der Waals surface area (Å²) in [4.78, 5) is 0. The highest BCUT2D eigenvalue weighted by molar-refractivity contribution is 5.66. The molecule has 0 saturated carbocycles. The third-order valence-electron chi connectivity index (χ3n) is 2.37. The van der Waals surface area contributed by atoms with Gasteiger partial charge in [0.15, 0.2) is 0 Å². The van der Waals surface area contributed by atoms with E-state index in [1.54, 1.807) is 0 Å². The maximum Gasteiger partial charge on any atom is -0.0201 e. The molecule has 0 atom stereocenters. The average Bonchev–Trinajstić information content (AvgIpc) is 2.18. The number of aryl methyl sites for hydroxylation is 1. The van der Waals surface area contributed by atoms with Crippen LogP contribution in [-0.2, 0) is 0 Å². The van der Waals surface area contributed by atoms with Gasteiger partial charge in [-0.1, -0.05) is 43.0 Å². The normalized spacial score (nSPS) is 10.7. The Morgan fingerprint density at radius 2 is 2.07 bits per heavy atom. The second-order valence-electron chi connectivity index (χ2n) is 3.53. The molecule has 0 aliphatic carbocycles. The van der Waals surface area contributed by atoms with Crippen LogP contribution in [0.1, 0.15) is 30.9 Å². The number of benzene rings is 1. The van der Waals surface area contributed by atoms with Crippen LogP contribution in [0.2, 0.25) is 0 Å². The fourth-order valence-electron chi connectivity index (χ4n) is 1.53. The van der Waals surface area contributed by atoms with Crippen molar-refractivity contribution < 1.29 is 0 Å². The van der Waals surface area contributed by atoms with Crippen LogP contribution in [0.4, 0.5) is 0 Å². The van der Waals surface area contributed by atoms with E-state index >= 15 is 0 Å². The highest BCUT2D eigenvalue weighted by atomic mass is 14.0. The van der Waals surface area contributed by atoms with Gasteiger partial charge >= 0.3 is 0 Å². The Balaban J connectivity index is 2.65.